The average molecular weight is 706 g/mol. The molecule has 0 fully saturated rings. The molecule has 0 saturated heterocycles. The van der Waals surface area contributed by atoms with Crippen LogP contribution in [0.4, 0.5) is 0 Å². The highest BCUT2D eigenvalue weighted by Crippen LogP contribution is 2.12. The number of carbonyl (C=O) groups is 3. The molecule has 0 aliphatic carbocycles. The minimum Gasteiger partial charge on any atom is -0.481 e. The van der Waals surface area contributed by atoms with Gasteiger partial charge in [-0.2, -0.15) is 0 Å². The van der Waals surface area contributed by atoms with Crippen molar-refractivity contribution < 1.29 is 29.0 Å². The number of nitrogens with zero attached hydrogens (tertiary/aromatic N) is 1. The van der Waals surface area contributed by atoms with Gasteiger partial charge in [0.25, 0.3) is 0 Å². The van der Waals surface area contributed by atoms with Crippen molar-refractivity contribution in [1.82, 2.24) is 4.90 Å². The number of aliphatic carboxylic acids is 1. The van der Waals surface area contributed by atoms with Crippen molar-refractivity contribution in [2.75, 3.05) is 32.8 Å². The molecule has 0 aromatic carbocycles. The normalized spacial score (nSPS) is 11.7. The molecule has 7 nitrogen and oxygen atoms in total. The van der Waals surface area contributed by atoms with Crippen LogP contribution in [0.1, 0.15) is 200 Å². The van der Waals surface area contributed by atoms with E-state index < -0.39 is 5.97 Å². The molecular formula is C43H79NO6. The molecule has 0 aromatic rings. The third kappa shape index (κ3) is 38.6. The lowest BCUT2D eigenvalue weighted by Gasteiger charge is -2.21. The van der Waals surface area contributed by atoms with Gasteiger partial charge in [0.05, 0.1) is 0 Å². The van der Waals surface area contributed by atoms with Crippen LogP contribution in [0, 0.1) is 0 Å². The van der Waals surface area contributed by atoms with Gasteiger partial charge in [-0.05, 0) is 77.2 Å². The van der Waals surface area contributed by atoms with Gasteiger partial charge in [0.1, 0.15) is 13.2 Å². The van der Waals surface area contributed by atoms with Crippen LogP contribution < -0.4 is 0 Å². The lowest BCUT2D eigenvalue weighted by atomic mass is 10.1. The van der Waals surface area contributed by atoms with E-state index in [-0.39, 0.29) is 31.6 Å². The van der Waals surface area contributed by atoms with Crippen LogP contribution in [-0.2, 0) is 23.9 Å². The Morgan fingerprint density at radius 2 is 0.780 bits per heavy atom. The molecule has 0 atom stereocenters. The zero-order chi connectivity index (χ0) is 36.6. The molecule has 0 amide bonds. The molecule has 0 aliphatic rings. The second-order valence-corrected chi connectivity index (χ2v) is 14.1. The summed E-state index contributed by atoms with van der Waals surface area (Å²) in [4.78, 5) is 37.5. The number of carbonyl (C=O) groups excluding carboxylic acids is 2. The predicted octanol–water partition coefficient (Wildman–Crippen LogP) is 11.9. The van der Waals surface area contributed by atoms with Crippen LogP contribution in [0.5, 0.6) is 0 Å². The number of hydrogen-bond acceptors (Lipinski definition) is 6. The van der Waals surface area contributed by atoms with Gasteiger partial charge in [0.15, 0.2) is 0 Å². The summed E-state index contributed by atoms with van der Waals surface area (Å²) in [6.07, 6.45) is 41.2. The molecule has 0 rings (SSSR count). The van der Waals surface area contributed by atoms with Crippen molar-refractivity contribution >= 4 is 17.9 Å². The number of rotatable bonds is 39. The molecule has 50 heavy (non-hydrogen) atoms. The van der Waals surface area contributed by atoms with Gasteiger partial charge in [-0.1, -0.05) is 134 Å². The Bertz CT molecular complexity index is 826. The van der Waals surface area contributed by atoms with Crippen molar-refractivity contribution in [2.24, 2.45) is 0 Å². The van der Waals surface area contributed by atoms with Crippen LogP contribution in [0.15, 0.2) is 24.3 Å². The Labute approximate surface area is 308 Å². The minimum atomic E-state index is -0.826. The molecule has 0 saturated carbocycles. The van der Waals surface area contributed by atoms with Crippen LogP contribution in [-0.4, -0.2) is 60.8 Å². The number of esters is 2. The summed E-state index contributed by atoms with van der Waals surface area (Å²) in [5, 5.41) is 9.02. The Hall–Kier alpha value is -2.15. The fourth-order valence-corrected chi connectivity index (χ4v) is 6.01. The van der Waals surface area contributed by atoms with E-state index in [0.717, 1.165) is 51.4 Å². The van der Waals surface area contributed by atoms with Crippen LogP contribution >= 0.6 is 0 Å². The second kappa shape index (κ2) is 39.6. The van der Waals surface area contributed by atoms with Gasteiger partial charge in [-0.25, -0.2) is 0 Å². The Morgan fingerprint density at radius 3 is 1.14 bits per heavy atom. The number of carboxylic acid groups (broad SMARTS) is 1. The second-order valence-electron chi connectivity index (χ2n) is 14.1. The highest BCUT2D eigenvalue weighted by atomic mass is 16.5. The molecule has 292 valence electrons. The fraction of sp³-hybridized carbons (Fsp3) is 0.837. The van der Waals surface area contributed by atoms with E-state index in [1.807, 2.05) is 4.90 Å². The van der Waals surface area contributed by atoms with Gasteiger partial charge in [0.2, 0.25) is 0 Å². The largest absolute Gasteiger partial charge is 0.481 e. The molecule has 0 bridgehead atoms. The molecule has 0 spiro atoms. The minimum absolute atomic E-state index is 0.0843. The number of ether oxygens (including phenoxy) is 2. The van der Waals surface area contributed by atoms with Gasteiger partial charge >= 0.3 is 17.9 Å². The zero-order valence-electron chi connectivity index (χ0n) is 32.8. The van der Waals surface area contributed by atoms with Crippen molar-refractivity contribution in [3.63, 3.8) is 0 Å². The van der Waals surface area contributed by atoms with Gasteiger partial charge in [0, 0.05) is 32.4 Å². The van der Waals surface area contributed by atoms with Crippen LogP contribution in [0.3, 0.4) is 0 Å². The third-order valence-corrected chi connectivity index (χ3v) is 9.24. The molecule has 0 unspecified atom stereocenters. The number of hydrogen-bond donors (Lipinski definition) is 1. The first kappa shape index (κ1) is 47.8. The van der Waals surface area contributed by atoms with E-state index in [4.69, 9.17) is 14.6 Å². The maximum Gasteiger partial charge on any atom is 0.305 e. The average Bonchev–Trinajstić information content (AvgIpc) is 3.09. The summed E-state index contributed by atoms with van der Waals surface area (Å²) < 4.78 is 10.9. The first-order valence-corrected chi connectivity index (χ1v) is 21.0. The van der Waals surface area contributed by atoms with Crippen molar-refractivity contribution in [3.8, 4) is 0 Å². The zero-order valence-corrected chi connectivity index (χ0v) is 32.8. The van der Waals surface area contributed by atoms with E-state index in [2.05, 4.69) is 38.2 Å². The van der Waals surface area contributed by atoms with E-state index in [9.17, 15) is 14.4 Å². The fourth-order valence-electron chi connectivity index (χ4n) is 6.01. The third-order valence-electron chi connectivity index (χ3n) is 9.24. The molecule has 0 aliphatic heterocycles. The summed E-state index contributed by atoms with van der Waals surface area (Å²) in [6.45, 7) is 6.60. The van der Waals surface area contributed by atoms with Crippen LogP contribution in [0.25, 0.3) is 0 Å². The Kier molecular flexibility index (Phi) is 37.9. The standard InChI is InChI=1S/C43H79NO6/c1-3-5-7-9-11-13-15-17-19-21-23-25-27-29-31-35-43(48)50-40-38-44(36-32-33-41(45)46)37-39-49-42(47)34-30-28-26-24-22-20-18-16-14-12-10-8-6-4-2/h16-19H,3-15,20-40H2,1-2H3,(H,45,46)/b18-16-,19-17-. The smallest absolute Gasteiger partial charge is 0.305 e. The number of unbranched alkanes of at least 4 members (excludes halogenated alkanes) is 21. The SMILES string of the molecule is CCCCCCC/C=C\CCCCCCCC(=O)OCCN(CCCC(=O)O)CCOC(=O)CCCCCCC/C=C\CCCCCCCC. The molecule has 0 heterocycles. The monoisotopic (exact) mass is 706 g/mol. The van der Waals surface area contributed by atoms with Crippen molar-refractivity contribution in [1.29, 1.82) is 0 Å². The van der Waals surface area contributed by atoms with Crippen molar-refractivity contribution in [3.05, 3.63) is 24.3 Å². The lowest BCUT2D eigenvalue weighted by molar-refractivity contribution is -0.144. The molecule has 1 N–H and O–H groups in total. The van der Waals surface area contributed by atoms with E-state index in [1.165, 1.54) is 109 Å². The number of allylic oxidation sites excluding steroid dienone is 4. The Morgan fingerprint density at radius 1 is 0.440 bits per heavy atom. The first-order chi connectivity index (χ1) is 24.5. The molecule has 0 aromatic heterocycles. The van der Waals surface area contributed by atoms with E-state index >= 15 is 0 Å². The maximum absolute atomic E-state index is 12.2. The van der Waals surface area contributed by atoms with Gasteiger partial charge in [-0.15, -0.1) is 0 Å². The Balaban J connectivity index is 3.89. The number of carboxylic acids is 1. The highest BCUT2D eigenvalue weighted by Gasteiger charge is 2.11. The predicted molar refractivity (Wildman–Crippen MR) is 210 cm³/mol. The van der Waals surface area contributed by atoms with Crippen LogP contribution in [0.2, 0.25) is 0 Å². The van der Waals surface area contributed by atoms with E-state index in [0.29, 0.717) is 38.9 Å². The van der Waals surface area contributed by atoms with Gasteiger partial charge in [-0.3, -0.25) is 19.3 Å². The lowest BCUT2D eigenvalue weighted by Crippen LogP contribution is -2.33. The molecule has 7 heteroatoms. The van der Waals surface area contributed by atoms with E-state index in [1.54, 1.807) is 0 Å². The highest BCUT2D eigenvalue weighted by molar-refractivity contribution is 5.69. The van der Waals surface area contributed by atoms with Gasteiger partial charge < -0.3 is 14.6 Å². The maximum atomic E-state index is 12.2. The first-order valence-electron chi connectivity index (χ1n) is 21.0. The summed E-state index contributed by atoms with van der Waals surface area (Å²) >= 11 is 0. The van der Waals surface area contributed by atoms with Crippen molar-refractivity contribution in [2.45, 2.75) is 200 Å². The summed E-state index contributed by atoms with van der Waals surface area (Å²) in [5.41, 5.74) is 0. The summed E-state index contributed by atoms with van der Waals surface area (Å²) in [5.74, 6) is -1.18. The summed E-state index contributed by atoms with van der Waals surface area (Å²) in [7, 11) is 0. The molecular weight excluding hydrogens is 626 g/mol. The quantitative estimate of drug-likeness (QED) is 0.0386. The summed E-state index contributed by atoms with van der Waals surface area (Å²) in [6, 6.07) is 0. The molecule has 0 radical (unpaired) electrons. The topological polar surface area (TPSA) is 93.1 Å².